The SMILES string of the molecule is CCCCCCCCCCCCOC(=O)CCN(CCC(=O)OC)CCN(C)CCN(CCN(C)CCN(CCC(=O)OCCCCCCCCCCCC)CCC(=O)OCCCCCCCCCCCC)CCN(C)CCN(CCC(=O)OCCCCCCCCCCCC)CCC(=O)OCCCCCCCCCCCC. The molecule has 0 heterocycles. The van der Waals surface area contributed by atoms with Crippen LogP contribution in [0.1, 0.15) is 394 Å². The number of hydrogen-bond donors (Lipinski definition) is 0. The third-order valence-corrected chi connectivity index (χ3v) is 22.6. The largest absolute Gasteiger partial charge is 0.469 e. The lowest BCUT2D eigenvalue weighted by atomic mass is 10.1. The van der Waals surface area contributed by atoms with Gasteiger partial charge in [-0.05, 0) is 53.2 Å². The van der Waals surface area contributed by atoms with Crippen molar-refractivity contribution in [2.45, 2.75) is 394 Å². The van der Waals surface area contributed by atoms with Crippen molar-refractivity contribution in [1.82, 2.24) is 34.3 Å². The number of hydrogen-bond acceptors (Lipinski definition) is 19. The van der Waals surface area contributed by atoms with E-state index < -0.39 is 0 Å². The van der Waals surface area contributed by atoms with Crippen molar-refractivity contribution in [1.29, 1.82) is 0 Å². The molecule has 0 radical (unpaired) electrons. The first-order valence-electron chi connectivity index (χ1n) is 48.0. The zero-order valence-electron chi connectivity index (χ0n) is 75.9. The summed E-state index contributed by atoms with van der Waals surface area (Å²) in [5.74, 6) is -1.21. The summed E-state index contributed by atoms with van der Waals surface area (Å²) >= 11 is 0. The van der Waals surface area contributed by atoms with E-state index in [-0.39, 0.29) is 74.3 Å². The number of methoxy groups -OCH3 is 1. The van der Waals surface area contributed by atoms with E-state index in [1.54, 1.807) is 0 Å². The van der Waals surface area contributed by atoms with Crippen LogP contribution in [0, 0.1) is 0 Å². The van der Waals surface area contributed by atoms with E-state index >= 15 is 0 Å². The van der Waals surface area contributed by atoms with Crippen molar-refractivity contribution in [3.8, 4) is 0 Å². The Labute approximate surface area is 697 Å². The number of unbranched alkanes of at least 4 members (excludes halogenated alkanes) is 45. The lowest BCUT2D eigenvalue weighted by Crippen LogP contribution is -2.44. The maximum absolute atomic E-state index is 13.2. The minimum atomic E-state index is -0.271. The molecule has 0 N–H and O–H groups in total. The molecule has 0 amide bonds. The van der Waals surface area contributed by atoms with Crippen LogP contribution in [0.5, 0.6) is 0 Å². The van der Waals surface area contributed by atoms with Crippen molar-refractivity contribution in [3.63, 3.8) is 0 Å². The van der Waals surface area contributed by atoms with Crippen molar-refractivity contribution in [2.75, 3.05) is 179 Å². The van der Waals surface area contributed by atoms with E-state index in [1.165, 1.54) is 264 Å². The summed E-state index contributed by atoms with van der Waals surface area (Å²) in [6.07, 6.45) is 62.8. The second-order valence-corrected chi connectivity index (χ2v) is 33.4. The van der Waals surface area contributed by atoms with Crippen LogP contribution in [0.25, 0.3) is 0 Å². The van der Waals surface area contributed by atoms with Gasteiger partial charge in [-0.1, -0.05) is 324 Å². The predicted molar refractivity (Wildman–Crippen MR) is 472 cm³/mol. The first-order chi connectivity index (χ1) is 55.2. The van der Waals surface area contributed by atoms with Crippen LogP contribution < -0.4 is 0 Å². The van der Waals surface area contributed by atoms with Gasteiger partial charge in [0.15, 0.2) is 0 Å². The molecule has 0 bridgehead atoms. The summed E-state index contributed by atoms with van der Waals surface area (Å²) in [5, 5.41) is 0. The summed E-state index contributed by atoms with van der Waals surface area (Å²) in [4.78, 5) is 94.5. The minimum Gasteiger partial charge on any atom is -0.469 e. The summed E-state index contributed by atoms with van der Waals surface area (Å²) in [5.41, 5.74) is 0. The van der Waals surface area contributed by atoms with Gasteiger partial charge in [0.25, 0.3) is 0 Å². The van der Waals surface area contributed by atoms with E-state index in [0.717, 1.165) is 123 Å². The third-order valence-electron chi connectivity index (χ3n) is 22.6. The Hall–Kier alpha value is -3.46. The quantitative estimate of drug-likeness (QED) is 0.0318. The van der Waals surface area contributed by atoms with Gasteiger partial charge in [-0.3, -0.25) is 33.7 Å². The highest BCUT2D eigenvalue weighted by Crippen LogP contribution is 2.17. The highest BCUT2D eigenvalue weighted by Gasteiger charge is 2.19. The fraction of sp³-hybridized carbons (Fsp3) is 0.936. The van der Waals surface area contributed by atoms with Gasteiger partial charge >= 0.3 is 35.8 Å². The molecular weight excluding hydrogens is 1420 g/mol. The molecule has 668 valence electrons. The third kappa shape index (κ3) is 80.7. The smallest absolute Gasteiger partial charge is 0.307 e. The van der Waals surface area contributed by atoms with Crippen LogP contribution in [-0.4, -0.2) is 249 Å². The van der Waals surface area contributed by atoms with Gasteiger partial charge in [-0.25, -0.2) is 0 Å². The minimum absolute atomic E-state index is 0.186. The predicted octanol–water partition coefficient (Wildman–Crippen LogP) is 20.8. The molecule has 0 atom stereocenters. The Bertz CT molecular complexity index is 1910. The van der Waals surface area contributed by atoms with Crippen LogP contribution in [0.2, 0.25) is 0 Å². The summed E-state index contributed by atoms with van der Waals surface area (Å²) in [6.45, 7) is 25.7. The van der Waals surface area contributed by atoms with Crippen LogP contribution in [0.15, 0.2) is 0 Å². The van der Waals surface area contributed by atoms with E-state index in [0.29, 0.717) is 91.9 Å². The number of nitrogens with zero attached hydrogens (tertiary/aromatic N) is 7. The van der Waals surface area contributed by atoms with E-state index in [2.05, 4.69) is 90.1 Å². The Morgan fingerprint density at radius 1 is 0.177 bits per heavy atom. The molecule has 0 aromatic heterocycles. The summed E-state index contributed by atoms with van der Waals surface area (Å²) < 4.78 is 33.8. The Morgan fingerprint density at radius 2 is 0.310 bits per heavy atom. The molecule has 0 spiro atoms. The average molecular weight is 1610 g/mol. The molecule has 0 fully saturated rings. The normalized spacial score (nSPS) is 11.8. The molecule has 19 heteroatoms. The fourth-order valence-electron chi connectivity index (χ4n) is 14.4. The molecule has 0 aliphatic heterocycles. The van der Waals surface area contributed by atoms with E-state index in [1.807, 2.05) is 0 Å². The molecule has 0 aliphatic rings. The monoisotopic (exact) mass is 1600 g/mol. The first-order valence-corrected chi connectivity index (χ1v) is 48.0. The second kappa shape index (κ2) is 86.4. The second-order valence-electron chi connectivity index (χ2n) is 33.4. The molecule has 0 aromatic rings. The van der Waals surface area contributed by atoms with Gasteiger partial charge in [0.05, 0.1) is 78.7 Å². The number of carbonyl (C=O) groups excluding carboxylic acids is 6. The topological polar surface area (TPSA) is 180 Å². The molecule has 0 aromatic carbocycles. The maximum atomic E-state index is 13.2. The maximum Gasteiger partial charge on any atom is 0.307 e. The average Bonchev–Trinajstić information content (AvgIpc) is 0.948. The lowest BCUT2D eigenvalue weighted by molar-refractivity contribution is -0.146. The molecular formula is C94H185N7O12. The van der Waals surface area contributed by atoms with Gasteiger partial charge in [0.1, 0.15) is 0 Å². The molecule has 113 heavy (non-hydrogen) atoms. The highest BCUT2D eigenvalue weighted by atomic mass is 16.5. The molecule has 0 saturated carbocycles. The van der Waals surface area contributed by atoms with Crippen molar-refractivity contribution >= 4 is 35.8 Å². The van der Waals surface area contributed by atoms with Gasteiger partial charge in [-0.2, -0.15) is 0 Å². The standard InChI is InChI=1S/C94H185N7O12/c1-10-15-20-25-30-35-40-45-50-55-84-109-90(103)61-67-98(66-60-89(102)108-9)78-72-95(6)75-81-101(82-76-96(7)73-79-99(68-62-91(104)110-85-56-51-46-41-36-31-26-21-16-11-2)69-63-92(105)111-86-57-52-47-42-37-32-27-22-17-12-3)83-77-97(8)74-80-100(70-64-93(106)112-87-58-53-48-43-38-33-28-23-18-13-4)71-65-94(107)113-88-59-54-49-44-39-34-29-24-19-14-5/h10-88H2,1-9H3. The van der Waals surface area contributed by atoms with Gasteiger partial charge in [0, 0.05) is 118 Å². The molecule has 0 rings (SSSR count). The van der Waals surface area contributed by atoms with E-state index in [9.17, 15) is 28.8 Å². The molecule has 0 saturated heterocycles. The molecule has 0 unspecified atom stereocenters. The number of likely N-dealkylation sites (N-methyl/N-ethyl adjacent to an activating group) is 3. The Balaban J connectivity index is 6.29. The fourth-order valence-corrected chi connectivity index (χ4v) is 14.4. The number of carbonyl (C=O) groups is 6. The van der Waals surface area contributed by atoms with Crippen molar-refractivity contribution < 1.29 is 57.2 Å². The van der Waals surface area contributed by atoms with E-state index in [4.69, 9.17) is 28.4 Å². The zero-order valence-corrected chi connectivity index (χ0v) is 75.9. The summed E-state index contributed by atoms with van der Waals surface area (Å²) in [6, 6.07) is 0. The van der Waals surface area contributed by atoms with Crippen LogP contribution in [0.4, 0.5) is 0 Å². The van der Waals surface area contributed by atoms with Gasteiger partial charge in [-0.15, -0.1) is 0 Å². The van der Waals surface area contributed by atoms with Crippen LogP contribution in [0.3, 0.4) is 0 Å². The van der Waals surface area contributed by atoms with Crippen LogP contribution >= 0.6 is 0 Å². The molecule has 19 nitrogen and oxygen atoms in total. The van der Waals surface area contributed by atoms with Crippen molar-refractivity contribution in [3.05, 3.63) is 0 Å². The summed E-state index contributed by atoms with van der Waals surface area (Å²) in [7, 11) is 7.87. The molecule has 0 aliphatic carbocycles. The highest BCUT2D eigenvalue weighted by molar-refractivity contribution is 5.71. The lowest BCUT2D eigenvalue weighted by Gasteiger charge is -2.31. The van der Waals surface area contributed by atoms with Gasteiger partial charge in [0.2, 0.25) is 0 Å². The van der Waals surface area contributed by atoms with Crippen molar-refractivity contribution in [2.24, 2.45) is 0 Å². The van der Waals surface area contributed by atoms with Crippen LogP contribution in [-0.2, 0) is 57.2 Å². The zero-order chi connectivity index (χ0) is 82.6. The Morgan fingerprint density at radius 3 is 0.460 bits per heavy atom. The number of esters is 6. The Kier molecular flexibility index (Phi) is 83.7. The first kappa shape index (κ1) is 110. The van der Waals surface area contributed by atoms with Gasteiger partial charge < -0.3 is 57.8 Å². The number of ether oxygens (including phenoxy) is 6. The number of rotatable bonds is 91.